The monoisotopic (exact) mass is 353 g/mol. The molecule has 2 aliphatic rings. The van der Waals surface area contributed by atoms with Crippen LogP contribution in [0.3, 0.4) is 0 Å². The van der Waals surface area contributed by atoms with Crippen molar-refractivity contribution in [3.8, 4) is 0 Å². The van der Waals surface area contributed by atoms with Gasteiger partial charge >= 0.3 is 0 Å². The SMILES string of the molecule is COCC(=O)N1CC[C@@H]2CN(Cc3ccncc3)S(=O)(=O)[C@@H]2CC1. The number of carbonyl (C=O) groups is 1. The fourth-order valence-corrected chi connectivity index (χ4v) is 5.83. The van der Waals surface area contributed by atoms with Crippen LogP contribution in [0.1, 0.15) is 18.4 Å². The van der Waals surface area contributed by atoms with Crippen LogP contribution in [0.4, 0.5) is 0 Å². The molecule has 2 aliphatic heterocycles. The summed E-state index contributed by atoms with van der Waals surface area (Å²) in [5.41, 5.74) is 0.946. The van der Waals surface area contributed by atoms with Gasteiger partial charge in [0.05, 0.1) is 5.25 Å². The summed E-state index contributed by atoms with van der Waals surface area (Å²) in [5.74, 6) is 0.0145. The molecular weight excluding hydrogens is 330 g/mol. The summed E-state index contributed by atoms with van der Waals surface area (Å²) in [6.07, 6.45) is 4.56. The van der Waals surface area contributed by atoms with Gasteiger partial charge in [-0.05, 0) is 36.5 Å². The number of sulfonamides is 1. The number of aromatic nitrogens is 1. The lowest BCUT2D eigenvalue weighted by Gasteiger charge is -2.22. The Labute approximate surface area is 142 Å². The summed E-state index contributed by atoms with van der Waals surface area (Å²) < 4.78 is 32.2. The average molecular weight is 353 g/mol. The molecule has 2 atom stereocenters. The van der Waals surface area contributed by atoms with Gasteiger partial charge in [-0.25, -0.2) is 8.42 Å². The zero-order valence-corrected chi connectivity index (χ0v) is 14.6. The van der Waals surface area contributed by atoms with Crippen LogP contribution in [0.2, 0.25) is 0 Å². The molecule has 8 heteroatoms. The maximum absolute atomic E-state index is 12.9. The molecule has 132 valence electrons. The van der Waals surface area contributed by atoms with E-state index in [9.17, 15) is 13.2 Å². The molecule has 0 N–H and O–H groups in total. The van der Waals surface area contributed by atoms with E-state index in [1.807, 2.05) is 12.1 Å². The molecule has 1 amide bonds. The van der Waals surface area contributed by atoms with Gasteiger partial charge in [0.25, 0.3) is 0 Å². The molecule has 2 fully saturated rings. The van der Waals surface area contributed by atoms with Crippen LogP contribution in [0.15, 0.2) is 24.5 Å². The molecule has 0 radical (unpaired) electrons. The minimum absolute atomic E-state index is 0.0518. The minimum Gasteiger partial charge on any atom is -0.375 e. The van der Waals surface area contributed by atoms with Gasteiger partial charge in [-0.15, -0.1) is 0 Å². The molecule has 0 unspecified atom stereocenters. The first-order valence-electron chi connectivity index (χ1n) is 8.17. The zero-order chi connectivity index (χ0) is 17.2. The number of carbonyl (C=O) groups excluding carboxylic acids is 1. The van der Waals surface area contributed by atoms with Crippen LogP contribution >= 0.6 is 0 Å². The Balaban J connectivity index is 1.69. The normalized spacial score (nSPS) is 26.8. The molecule has 3 heterocycles. The van der Waals surface area contributed by atoms with Gasteiger partial charge in [0.1, 0.15) is 6.61 Å². The van der Waals surface area contributed by atoms with E-state index in [1.165, 1.54) is 7.11 Å². The smallest absolute Gasteiger partial charge is 0.248 e. The molecular formula is C16H23N3O4S. The van der Waals surface area contributed by atoms with Crippen LogP contribution in [-0.4, -0.2) is 67.1 Å². The number of amides is 1. The fraction of sp³-hybridized carbons (Fsp3) is 0.625. The van der Waals surface area contributed by atoms with E-state index in [0.29, 0.717) is 39.0 Å². The molecule has 24 heavy (non-hydrogen) atoms. The van der Waals surface area contributed by atoms with Gasteiger partial charge < -0.3 is 9.64 Å². The maximum atomic E-state index is 12.9. The van der Waals surface area contributed by atoms with E-state index >= 15 is 0 Å². The molecule has 1 aromatic heterocycles. The van der Waals surface area contributed by atoms with E-state index in [2.05, 4.69) is 4.98 Å². The number of hydrogen-bond donors (Lipinski definition) is 0. The van der Waals surface area contributed by atoms with Crippen molar-refractivity contribution in [2.45, 2.75) is 24.6 Å². The number of fused-ring (bicyclic) bond motifs is 1. The molecule has 0 aromatic carbocycles. The van der Waals surface area contributed by atoms with Crippen LogP contribution < -0.4 is 0 Å². The third kappa shape index (κ3) is 3.45. The van der Waals surface area contributed by atoms with E-state index in [0.717, 1.165) is 5.56 Å². The summed E-state index contributed by atoms with van der Waals surface area (Å²) in [6, 6.07) is 3.68. The van der Waals surface area contributed by atoms with Crippen LogP contribution in [0.5, 0.6) is 0 Å². The molecule has 0 bridgehead atoms. The predicted octanol–water partition coefficient (Wildman–Crippen LogP) is 0.481. The third-order valence-corrected chi connectivity index (χ3v) is 7.27. The first-order valence-corrected chi connectivity index (χ1v) is 9.67. The highest BCUT2D eigenvalue weighted by Gasteiger charge is 2.47. The highest BCUT2D eigenvalue weighted by molar-refractivity contribution is 7.90. The number of pyridine rings is 1. The molecule has 0 aliphatic carbocycles. The molecule has 2 saturated heterocycles. The maximum Gasteiger partial charge on any atom is 0.248 e. The number of rotatable bonds is 4. The Morgan fingerprint density at radius 2 is 2.00 bits per heavy atom. The van der Waals surface area contributed by atoms with Gasteiger partial charge in [0.2, 0.25) is 15.9 Å². The van der Waals surface area contributed by atoms with Crippen molar-refractivity contribution in [3.63, 3.8) is 0 Å². The van der Waals surface area contributed by atoms with Gasteiger partial charge in [-0.1, -0.05) is 0 Å². The number of methoxy groups -OCH3 is 1. The van der Waals surface area contributed by atoms with Gasteiger partial charge in [0, 0.05) is 45.7 Å². The Hall–Kier alpha value is -1.51. The van der Waals surface area contributed by atoms with Crippen molar-refractivity contribution in [1.82, 2.24) is 14.2 Å². The first-order chi connectivity index (χ1) is 11.5. The van der Waals surface area contributed by atoms with Gasteiger partial charge in [0.15, 0.2) is 0 Å². The van der Waals surface area contributed by atoms with Gasteiger partial charge in [-0.2, -0.15) is 4.31 Å². The summed E-state index contributed by atoms with van der Waals surface area (Å²) >= 11 is 0. The summed E-state index contributed by atoms with van der Waals surface area (Å²) in [5, 5.41) is -0.389. The summed E-state index contributed by atoms with van der Waals surface area (Å²) in [4.78, 5) is 17.7. The first kappa shape index (κ1) is 17.3. The van der Waals surface area contributed by atoms with Crippen molar-refractivity contribution < 1.29 is 17.9 Å². The lowest BCUT2D eigenvalue weighted by atomic mass is 10.0. The van der Waals surface area contributed by atoms with E-state index in [1.54, 1.807) is 21.6 Å². The van der Waals surface area contributed by atoms with Gasteiger partial charge in [-0.3, -0.25) is 9.78 Å². The average Bonchev–Trinajstić information content (AvgIpc) is 2.71. The van der Waals surface area contributed by atoms with Crippen molar-refractivity contribution >= 4 is 15.9 Å². The predicted molar refractivity (Wildman–Crippen MR) is 88.5 cm³/mol. The lowest BCUT2D eigenvalue weighted by molar-refractivity contribution is -0.135. The highest BCUT2D eigenvalue weighted by atomic mass is 32.2. The summed E-state index contributed by atoms with van der Waals surface area (Å²) in [6.45, 7) is 2.05. The Bertz CT molecular complexity index is 680. The second-order valence-corrected chi connectivity index (χ2v) is 8.53. The topological polar surface area (TPSA) is 79.8 Å². The summed E-state index contributed by atoms with van der Waals surface area (Å²) in [7, 11) is -1.84. The lowest BCUT2D eigenvalue weighted by Crippen LogP contribution is -2.36. The minimum atomic E-state index is -3.33. The standard InChI is InChI=1S/C16H23N3O4S/c1-23-12-16(20)18-8-4-14-11-19(10-13-2-6-17-7-3-13)24(21,22)15(14)5-9-18/h2-3,6-7,14-15H,4-5,8-12H2,1H3/t14-,15-/m1/s1. The number of hydrogen-bond acceptors (Lipinski definition) is 5. The van der Waals surface area contributed by atoms with Crippen LogP contribution in [-0.2, 0) is 26.1 Å². The molecule has 7 nitrogen and oxygen atoms in total. The number of ether oxygens (including phenoxy) is 1. The zero-order valence-electron chi connectivity index (χ0n) is 13.8. The number of nitrogens with zero attached hydrogens (tertiary/aromatic N) is 3. The Kier molecular flexibility index (Phi) is 5.17. The van der Waals surface area contributed by atoms with E-state index < -0.39 is 10.0 Å². The Morgan fingerprint density at radius 3 is 2.71 bits per heavy atom. The number of likely N-dealkylation sites (tertiary alicyclic amines) is 1. The third-order valence-electron chi connectivity index (χ3n) is 4.89. The molecule has 0 spiro atoms. The van der Waals surface area contributed by atoms with Crippen LogP contribution in [0, 0.1) is 5.92 Å². The van der Waals surface area contributed by atoms with Crippen LogP contribution in [0.25, 0.3) is 0 Å². The van der Waals surface area contributed by atoms with Crippen molar-refractivity contribution in [2.24, 2.45) is 5.92 Å². The van der Waals surface area contributed by atoms with Crippen molar-refractivity contribution in [1.29, 1.82) is 0 Å². The fourth-order valence-electron chi connectivity index (χ4n) is 3.61. The molecule has 0 saturated carbocycles. The van der Waals surface area contributed by atoms with E-state index in [-0.39, 0.29) is 23.7 Å². The highest BCUT2D eigenvalue weighted by Crippen LogP contribution is 2.35. The van der Waals surface area contributed by atoms with E-state index in [4.69, 9.17) is 4.74 Å². The quantitative estimate of drug-likeness (QED) is 0.787. The second-order valence-electron chi connectivity index (χ2n) is 6.38. The van der Waals surface area contributed by atoms with Crippen molar-refractivity contribution in [2.75, 3.05) is 33.4 Å². The second kappa shape index (κ2) is 7.16. The molecule has 1 aromatic rings. The largest absolute Gasteiger partial charge is 0.375 e. The van der Waals surface area contributed by atoms with Crippen molar-refractivity contribution in [3.05, 3.63) is 30.1 Å². The molecule has 3 rings (SSSR count). The Morgan fingerprint density at radius 1 is 1.29 bits per heavy atom.